The van der Waals surface area contributed by atoms with E-state index in [9.17, 15) is 9.18 Å². The van der Waals surface area contributed by atoms with Crippen molar-refractivity contribution < 1.29 is 9.18 Å². The molecule has 1 N–H and O–H groups in total. The van der Waals surface area contributed by atoms with E-state index in [2.05, 4.69) is 41.5 Å². The molecule has 0 aliphatic rings. The Balaban J connectivity index is 1.70. The minimum absolute atomic E-state index is 0.124. The normalized spacial score (nSPS) is 11.0. The third-order valence-corrected chi connectivity index (χ3v) is 5.32. The Bertz CT molecular complexity index is 953. The fourth-order valence-corrected chi connectivity index (χ4v) is 3.59. The Labute approximate surface area is 168 Å². The van der Waals surface area contributed by atoms with Gasteiger partial charge in [-0.2, -0.15) is 0 Å². The fraction of sp³-hybridized carbons (Fsp3) is 0.286. The highest BCUT2D eigenvalue weighted by Crippen LogP contribution is 2.26. The number of benzene rings is 2. The lowest BCUT2D eigenvalue weighted by molar-refractivity contribution is -0.113. The number of hydrogen-bond donors (Lipinski definition) is 1. The van der Waals surface area contributed by atoms with E-state index in [-0.39, 0.29) is 17.3 Å². The number of aromatic nitrogens is 3. The standard InChI is InChI=1S/C21H23FN4OS/c1-4-26-20(16-11-9-15(10-12-16)14(2)3)24-25-21(26)28-13-19(27)23-18-8-6-5-7-17(18)22/h5-12,14H,4,13H2,1-3H3,(H,23,27). The number of halogens is 1. The quantitative estimate of drug-likeness (QED) is 0.572. The Hall–Kier alpha value is -2.67. The van der Waals surface area contributed by atoms with E-state index >= 15 is 0 Å². The monoisotopic (exact) mass is 398 g/mol. The van der Waals surface area contributed by atoms with Gasteiger partial charge < -0.3 is 9.88 Å². The number of carbonyl (C=O) groups is 1. The minimum atomic E-state index is -0.454. The van der Waals surface area contributed by atoms with Crippen molar-refractivity contribution in [3.8, 4) is 11.4 Å². The average molecular weight is 399 g/mol. The van der Waals surface area contributed by atoms with E-state index in [4.69, 9.17) is 0 Å². The maximum atomic E-state index is 13.7. The number of nitrogens with zero attached hydrogens (tertiary/aromatic N) is 3. The zero-order valence-corrected chi connectivity index (χ0v) is 17.0. The number of carbonyl (C=O) groups excluding carboxylic acids is 1. The molecule has 3 rings (SSSR count). The van der Waals surface area contributed by atoms with Crippen LogP contribution in [0.2, 0.25) is 0 Å². The van der Waals surface area contributed by atoms with Crippen LogP contribution in [0.4, 0.5) is 10.1 Å². The van der Waals surface area contributed by atoms with E-state index in [1.165, 1.54) is 29.5 Å². The summed E-state index contributed by atoms with van der Waals surface area (Å²) < 4.78 is 15.6. The molecule has 2 aromatic carbocycles. The molecule has 146 valence electrons. The molecular formula is C21H23FN4OS. The van der Waals surface area contributed by atoms with Crippen LogP contribution in [0.25, 0.3) is 11.4 Å². The van der Waals surface area contributed by atoms with Crippen LogP contribution in [-0.2, 0) is 11.3 Å². The fourth-order valence-electron chi connectivity index (χ4n) is 2.79. The lowest BCUT2D eigenvalue weighted by Gasteiger charge is -2.09. The lowest BCUT2D eigenvalue weighted by Crippen LogP contribution is -2.15. The highest BCUT2D eigenvalue weighted by atomic mass is 32.2. The summed E-state index contributed by atoms with van der Waals surface area (Å²) in [4.78, 5) is 12.2. The summed E-state index contributed by atoms with van der Waals surface area (Å²) in [6, 6.07) is 14.4. The molecule has 0 spiro atoms. The zero-order chi connectivity index (χ0) is 20.1. The Kier molecular flexibility index (Phi) is 6.46. The van der Waals surface area contributed by atoms with Gasteiger partial charge in [-0.15, -0.1) is 10.2 Å². The van der Waals surface area contributed by atoms with Gasteiger partial charge in [0.25, 0.3) is 0 Å². The summed E-state index contributed by atoms with van der Waals surface area (Å²) in [7, 11) is 0. The van der Waals surface area contributed by atoms with Crippen LogP contribution in [0, 0.1) is 5.82 Å². The first-order valence-corrected chi connectivity index (χ1v) is 10.2. The molecule has 0 aliphatic heterocycles. The van der Waals surface area contributed by atoms with Crippen LogP contribution in [0.5, 0.6) is 0 Å². The second-order valence-corrected chi connectivity index (χ2v) is 7.59. The first-order chi connectivity index (χ1) is 13.5. The molecule has 0 radical (unpaired) electrons. The molecule has 3 aromatic rings. The van der Waals surface area contributed by atoms with E-state index in [1.54, 1.807) is 12.1 Å². The second-order valence-electron chi connectivity index (χ2n) is 6.64. The third kappa shape index (κ3) is 4.59. The van der Waals surface area contributed by atoms with Crippen molar-refractivity contribution in [1.82, 2.24) is 14.8 Å². The van der Waals surface area contributed by atoms with E-state index in [0.717, 1.165) is 11.4 Å². The highest BCUT2D eigenvalue weighted by Gasteiger charge is 2.15. The van der Waals surface area contributed by atoms with E-state index < -0.39 is 5.82 Å². The second kappa shape index (κ2) is 9.01. The van der Waals surface area contributed by atoms with E-state index in [1.807, 2.05) is 23.6 Å². The third-order valence-electron chi connectivity index (χ3n) is 4.35. The maximum Gasteiger partial charge on any atom is 0.234 e. The molecule has 0 saturated heterocycles. The predicted octanol–water partition coefficient (Wildman–Crippen LogP) is 4.96. The summed E-state index contributed by atoms with van der Waals surface area (Å²) in [5, 5.41) is 11.8. The summed E-state index contributed by atoms with van der Waals surface area (Å²) in [6.07, 6.45) is 0. The largest absolute Gasteiger partial charge is 0.323 e. The summed E-state index contributed by atoms with van der Waals surface area (Å²) in [5.74, 6) is 0.624. The van der Waals surface area contributed by atoms with Gasteiger partial charge in [-0.1, -0.05) is 62.0 Å². The molecule has 0 saturated carbocycles. The summed E-state index contributed by atoms with van der Waals surface area (Å²) in [6.45, 7) is 7.01. The summed E-state index contributed by atoms with van der Waals surface area (Å²) >= 11 is 1.28. The molecule has 7 heteroatoms. The number of anilines is 1. The number of para-hydroxylation sites is 1. The predicted molar refractivity (Wildman–Crippen MR) is 111 cm³/mol. The van der Waals surface area contributed by atoms with Crippen LogP contribution in [0.3, 0.4) is 0 Å². The van der Waals surface area contributed by atoms with Crippen molar-refractivity contribution in [2.45, 2.75) is 38.4 Å². The number of hydrogen-bond acceptors (Lipinski definition) is 4. The smallest absolute Gasteiger partial charge is 0.234 e. The topological polar surface area (TPSA) is 59.8 Å². The van der Waals surface area contributed by atoms with Crippen LogP contribution >= 0.6 is 11.8 Å². The first kappa shape index (κ1) is 20.1. The molecule has 1 heterocycles. The molecule has 0 aliphatic carbocycles. The van der Waals surface area contributed by atoms with Gasteiger partial charge in [-0.05, 0) is 30.5 Å². The molecule has 1 aromatic heterocycles. The van der Waals surface area contributed by atoms with Crippen molar-refractivity contribution in [3.05, 3.63) is 59.9 Å². The van der Waals surface area contributed by atoms with Crippen molar-refractivity contribution in [2.24, 2.45) is 0 Å². The molecule has 0 atom stereocenters. The minimum Gasteiger partial charge on any atom is -0.323 e. The van der Waals surface area contributed by atoms with Crippen LogP contribution < -0.4 is 5.32 Å². The van der Waals surface area contributed by atoms with Crippen molar-refractivity contribution >= 4 is 23.4 Å². The molecule has 1 amide bonds. The Morgan fingerprint density at radius 3 is 2.50 bits per heavy atom. The Morgan fingerprint density at radius 2 is 1.86 bits per heavy atom. The molecule has 0 fully saturated rings. The van der Waals surface area contributed by atoms with Crippen LogP contribution in [-0.4, -0.2) is 26.4 Å². The summed E-state index contributed by atoms with van der Waals surface area (Å²) in [5.41, 5.74) is 2.43. The van der Waals surface area contributed by atoms with Gasteiger partial charge in [0.05, 0.1) is 11.4 Å². The average Bonchev–Trinajstić information content (AvgIpc) is 3.11. The molecule has 0 bridgehead atoms. The van der Waals surface area contributed by atoms with Crippen LogP contribution in [0.1, 0.15) is 32.3 Å². The van der Waals surface area contributed by atoms with Gasteiger partial charge in [0.1, 0.15) is 5.82 Å². The van der Waals surface area contributed by atoms with E-state index in [0.29, 0.717) is 17.6 Å². The zero-order valence-electron chi connectivity index (χ0n) is 16.1. The number of nitrogens with one attached hydrogen (secondary N) is 1. The van der Waals surface area contributed by atoms with Gasteiger partial charge >= 0.3 is 0 Å². The van der Waals surface area contributed by atoms with Gasteiger partial charge in [-0.3, -0.25) is 4.79 Å². The number of rotatable bonds is 7. The highest BCUT2D eigenvalue weighted by molar-refractivity contribution is 7.99. The van der Waals surface area contributed by atoms with Crippen molar-refractivity contribution in [1.29, 1.82) is 0 Å². The van der Waals surface area contributed by atoms with Gasteiger partial charge in [0.15, 0.2) is 11.0 Å². The molecular weight excluding hydrogens is 375 g/mol. The SMILES string of the molecule is CCn1c(SCC(=O)Nc2ccccc2F)nnc1-c1ccc(C(C)C)cc1. The Morgan fingerprint density at radius 1 is 1.14 bits per heavy atom. The van der Waals surface area contributed by atoms with Crippen molar-refractivity contribution in [2.75, 3.05) is 11.1 Å². The molecule has 28 heavy (non-hydrogen) atoms. The first-order valence-electron chi connectivity index (χ1n) is 9.20. The van der Waals surface area contributed by atoms with Crippen molar-refractivity contribution in [3.63, 3.8) is 0 Å². The molecule has 5 nitrogen and oxygen atoms in total. The maximum absolute atomic E-state index is 13.7. The number of thioether (sulfide) groups is 1. The molecule has 0 unspecified atom stereocenters. The van der Waals surface area contributed by atoms with Gasteiger partial charge in [0.2, 0.25) is 5.91 Å². The van der Waals surface area contributed by atoms with Gasteiger partial charge in [-0.25, -0.2) is 4.39 Å². The van der Waals surface area contributed by atoms with Crippen LogP contribution in [0.15, 0.2) is 53.7 Å². The lowest BCUT2D eigenvalue weighted by atomic mass is 10.0. The van der Waals surface area contributed by atoms with Gasteiger partial charge in [0, 0.05) is 12.1 Å². The number of amides is 1.